The number of halogens is 3. The van der Waals surface area contributed by atoms with Crippen LogP contribution in [-0.4, -0.2) is 31.4 Å². The molecule has 10 heteroatoms. The SMILES string of the molecule is C[C@H](Sc1nnnn1-c1ccccc1)C(=O)Nc1ccc(C(F)(F)F)cc1. The first kappa shape index (κ1) is 18.9. The van der Waals surface area contributed by atoms with Gasteiger partial charge in [-0.25, -0.2) is 0 Å². The summed E-state index contributed by atoms with van der Waals surface area (Å²) in [6, 6.07) is 13.5. The fourth-order valence-corrected chi connectivity index (χ4v) is 2.99. The quantitative estimate of drug-likeness (QED) is 0.668. The molecule has 3 aromatic rings. The van der Waals surface area contributed by atoms with Gasteiger partial charge < -0.3 is 5.32 Å². The topological polar surface area (TPSA) is 72.7 Å². The first-order valence-electron chi connectivity index (χ1n) is 7.83. The Morgan fingerprint density at radius 2 is 1.78 bits per heavy atom. The molecule has 1 amide bonds. The Balaban J connectivity index is 1.66. The Kier molecular flexibility index (Phi) is 5.45. The van der Waals surface area contributed by atoms with Crippen LogP contribution in [0.1, 0.15) is 12.5 Å². The fraction of sp³-hybridized carbons (Fsp3) is 0.176. The summed E-state index contributed by atoms with van der Waals surface area (Å²) in [4.78, 5) is 12.3. The van der Waals surface area contributed by atoms with Crippen molar-refractivity contribution in [2.45, 2.75) is 23.5 Å². The lowest BCUT2D eigenvalue weighted by atomic mass is 10.2. The highest BCUT2D eigenvalue weighted by atomic mass is 32.2. The summed E-state index contributed by atoms with van der Waals surface area (Å²) in [5.74, 6) is -0.373. The highest BCUT2D eigenvalue weighted by Crippen LogP contribution is 2.30. The molecular formula is C17H14F3N5OS. The number of tetrazole rings is 1. The minimum atomic E-state index is -4.42. The third-order valence-corrected chi connectivity index (χ3v) is 4.61. The van der Waals surface area contributed by atoms with E-state index in [2.05, 4.69) is 20.8 Å². The van der Waals surface area contributed by atoms with E-state index in [9.17, 15) is 18.0 Å². The van der Waals surface area contributed by atoms with Gasteiger partial charge in [-0.05, 0) is 53.7 Å². The molecule has 6 nitrogen and oxygen atoms in total. The van der Waals surface area contributed by atoms with Gasteiger partial charge in [0.25, 0.3) is 0 Å². The molecule has 0 fully saturated rings. The predicted octanol–water partition coefficient (Wildman–Crippen LogP) is 3.80. The van der Waals surface area contributed by atoms with E-state index in [-0.39, 0.29) is 11.6 Å². The maximum atomic E-state index is 12.6. The minimum Gasteiger partial charge on any atom is -0.325 e. The third-order valence-electron chi connectivity index (χ3n) is 3.57. The van der Waals surface area contributed by atoms with Crippen molar-refractivity contribution in [1.29, 1.82) is 0 Å². The molecule has 3 rings (SSSR count). The first-order chi connectivity index (χ1) is 12.8. The molecule has 0 radical (unpaired) electrons. The molecule has 0 aliphatic carbocycles. The van der Waals surface area contributed by atoms with E-state index in [0.29, 0.717) is 5.16 Å². The Labute approximate surface area is 156 Å². The number of hydrogen-bond donors (Lipinski definition) is 1. The van der Waals surface area contributed by atoms with Crippen LogP contribution < -0.4 is 5.32 Å². The van der Waals surface area contributed by atoms with Gasteiger partial charge in [-0.2, -0.15) is 17.9 Å². The molecular weight excluding hydrogens is 379 g/mol. The highest BCUT2D eigenvalue weighted by molar-refractivity contribution is 8.00. The number of alkyl halides is 3. The van der Waals surface area contributed by atoms with Crippen LogP contribution in [0.15, 0.2) is 59.8 Å². The van der Waals surface area contributed by atoms with E-state index in [4.69, 9.17) is 0 Å². The second-order valence-corrected chi connectivity index (χ2v) is 6.84. The average Bonchev–Trinajstić information content (AvgIpc) is 3.10. The third kappa shape index (κ3) is 4.64. The van der Waals surface area contributed by atoms with Gasteiger partial charge in [0.2, 0.25) is 11.1 Å². The lowest BCUT2D eigenvalue weighted by Gasteiger charge is -2.12. The molecule has 27 heavy (non-hydrogen) atoms. The number of para-hydroxylation sites is 1. The Hall–Kier alpha value is -2.88. The molecule has 0 saturated carbocycles. The minimum absolute atomic E-state index is 0.281. The van der Waals surface area contributed by atoms with Gasteiger partial charge in [-0.3, -0.25) is 4.79 Å². The smallest absolute Gasteiger partial charge is 0.325 e. The normalized spacial score (nSPS) is 12.6. The summed E-state index contributed by atoms with van der Waals surface area (Å²) < 4.78 is 39.3. The number of anilines is 1. The molecule has 140 valence electrons. The zero-order valence-electron chi connectivity index (χ0n) is 14.0. The van der Waals surface area contributed by atoms with Gasteiger partial charge in [0, 0.05) is 5.69 Å². The molecule has 0 saturated heterocycles. The van der Waals surface area contributed by atoms with Crippen LogP contribution in [-0.2, 0) is 11.0 Å². The second-order valence-electron chi connectivity index (χ2n) is 5.53. The van der Waals surface area contributed by atoms with Crippen LogP contribution in [0.4, 0.5) is 18.9 Å². The zero-order valence-corrected chi connectivity index (χ0v) is 14.8. The highest BCUT2D eigenvalue weighted by Gasteiger charge is 2.30. The van der Waals surface area contributed by atoms with E-state index < -0.39 is 17.0 Å². The van der Waals surface area contributed by atoms with Crippen LogP contribution in [0.25, 0.3) is 5.69 Å². The standard InChI is InChI=1S/C17H14F3N5OS/c1-11(15(26)21-13-9-7-12(8-10-13)17(18,19)20)27-16-22-23-24-25(16)14-5-3-2-4-6-14/h2-11H,1H3,(H,21,26)/t11-/m0/s1. The molecule has 0 aliphatic heterocycles. The van der Waals surface area contributed by atoms with Crippen LogP contribution in [0.3, 0.4) is 0 Å². The van der Waals surface area contributed by atoms with E-state index in [0.717, 1.165) is 29.6 Å². The van der Waals surface area contributed by atoms with Crippen LogP contribution in [0, 0.1) is 0 Å². The van der Waals surface area contributed by atoms with Crippen molar-refractivity contribution in [1.82, 2.24) is 20.2 Å². The summed E-state index contributed by atoms with van der Waals surface area (Å²) >= 11 is 1.14. The molecule has 1 heterocycles. The summed E-state index contributed by atoms with van der Waals surface area (Å²) in [7, 11) is 0. The molecule has 1 aromatic heterocycles. The van der Waals surface area contributed by atoms with Gasteiger partial charge in [-0.1, -0.05) is 30.0 Å². The van der Waals surface area contributed by atoms with Gasteiger partial charge in [0.1, 0.15) is 0 Å². The number of aromatic nitrogens is 4. The van der Waals surface area contributed by atoms with Crippen molar-refractivity contribution < 1.29 is 18.0 Å². The number of rotatable bonds is 5. The summed E-state index contributed by atoms with van der Waals surface area (Å²) in [6.45, 7) is 1.66. The van der Waals surface area contributed by atoms with Crippen LogP contribution in [0.5, 0.6) is 0 Å². The number of carbonyl (C=O) groups excluding carboxylic acids is 1. The first-order valence-corrected chi connectivity index (χ1v) is 8.71. The number of hydrogen-bond acceptors (Lipinski definition) is 5. The summed E-state index contributed by atoms with van der Waals surface area (Å²) in [6.07, 6.45) is -4.42. The Bertz CT molecular complexity index is 912. The number of amides is 1. The van der Waals surface area contributed by atoms with E-state index in [1.807, 2.05) is 30.3 Å². The molecule has 0 aliphatic rings. The molecule has 0 bridgehead atoms. The maximum absolute atomic E-state index is 12.6. The maximum Gasteiger partial charge on any atom is 0.416 e. The number of thioether (sulfide) groups is 1. The second kappa shape index (κ2) is 7.78. The van der Waals surface area contributed by atoms with Crippen LogP contribution >= 0.6 is 11.8 Å². The summed E-state index contributed by atoms with van der Waals surface area (Å²) in [5, 5.41) is 13.9. The van der Waals surface area contributed by atoms with Gasteiger partial charge >= 0.3 is 6.18 Å². The van der Waals surface area contributed by atoms with Crippen molar-refractivity contribution in [2.75, 3.05) is 5.32 Å². The zero-order chi connectivity index (χ0) is 19.4. The van der Waals surface area contributed by atoms with E-state index in [1.54, 1.807) is 6.92 Å². The largest absolute Gasteiger partial charge is 0.416 e. The van der Waals surface area contributed by atoms with E-state index >= 15 is 0 Å². The lowest BCUT2D eigenvalue weighted by Crippen LogP contribution is -2.23. The van der Waals surface area contributed by atoms with Crippen molar-refractivity contribution in [3.8, 4) is 5.69 Å². The molecule has 0 unspecified atom stereocenters. The number of carbonyl (C=O) groups is 1. The molecule has 0 spiro atoms. The Morgan fingerprint density at radius 3 is 2.41 bits per heavy atom. The monoisotopic (exact) mass is 393 g/mol. The number of nitrogens with zero attached hydrogens (tertiary/aromatic N) is 4. The van der Waals surface area contributed by atoms with Crippen molar-refractivity contribution in [2.24, 2.45) is 0 Å². The van der Waals surface area contributed by atoms with Gasteiger partial charge in [-0.15, -0.1) is 5.10 Å². The van der Waals surface area contributed by atoms with Crippen molar-refractivity contribution >= 4 is 23.4 Å². The predicted molar refractivity (Wildman–Crippen MR) is 94.5 cm³/mol. The molecule has 1 atom stereocenters. The van der Waals surface area contributed by atoms with E-state index in [1.165, 1.54) is 16.8 Å². The van der Waals surface area contributed by atoms with Crippen LogP contribution in [0.2, 0.25) is 0 Å². The van der Waals surface area contributed by atoms with Crippen molar-refractivity contribution in [3.05, 3.63) is 60.2 Å². The molecule has 2 aromatic carbocycles. The molecule has 1 N–H and O–H groups in total. The lowest BCUT2D eigenvalue weighted by molar-refractivity contribution is -0.137. The average molecular weight is 393 g/mol. The van der Waals surface area contributed by atoms with Crippen molar-refractivity contribution in [3.63, 3.8) is 0 Å². The summed E-state index contributed by atoms with van der Waals surface area (Å²) in [5.41, 5.74) is 0.258. The number of nitrogens with one attached hydrogen (secondary N) is 1. The van der Waals surface area contributed by atoms with Gasteiger partial charge in [0.05, 0.1) is 16.5 Å². The van der Waals surface area contributed by atoms with Gasteiger partial charge in [0.15, 0.2) is 0 Å². The number of benzene rings is 2. The fourth-order valence-electron chi connectivity index (χ4n) is 2.18. The Morgan fingerprint density at radius 1 is 1.11 bits per heavy atom.